The van der Waals surface area contributed by atoms with Crippen LogP contribution in [0.4, 0.5) is 0 Å². The Labute approximate surface area is 124 Å². The lowest BCUT2D eigenvalue weighted by Gasteiger charge is -2.30. The predicted molar refractivity (Wildman–Crippen MR) is 87.2 cm³/mol. The maximum atomic E-state index is 3.74. The fourth-order valence-corrected chi connectivity index (χ4v) is 3.42. The van der Waals surface area contributed by atoms with Gasteiger partial charge in [0.25, 0.3) is 0 Å². The molecule has 1 aliphatic heterocycles. The van der Waals surface area contributed by atoms with Gasteiger partial charge < -0.3 is 10.2 Å². The molecule has 1 heterocycles. The van der Waals surface area contributed by atoms with Crippen LogP contribution in [0.2, 0.25) is 0 Å². The summed E-state index contributed by atoms with van der Waals surface area (Å²) >= 11 is 0. The van der Waals surface area contributed by atoms with Gasteiger partial charge in [-0.3, -0.25) is 0 Å². The smallest absolute Gasteiger partial charge is 0.0218 e. The molecule has 112 valence electrons. The lowest BCUT2D eigenvalue weighted by Crippen LogP contribution is -2.41. The van der Waals surface area contributed by atoms with Gasteiger partial charge in [-0.25, -0.2) is 0 Å². The lowest BCUT2D eigenvalue weighted by molar-refractivity contribution is 0.283. The van der Waals surface area contributed by atoms with E-state index in [0.717, 1.165) is 12.6 Å². The molecule has 1 N–H and O–H groups in total. The van der Waals surface area contributed by atoms with Crippen LogP contribution in [0, 0.1) is 0 Å². The number of hydrogen-bond acceptors (Lipinski definition) is 2. The first-order chi connectivity index (χ1) is 9.49. The van der Waals surface area contributed by atoms with Crippen molar-refractivity contribution in [1.29, 1.82) is 0 Å². The van der Waals surface area contributed by atoms with Crippen LogP contribution < -0.4 is 5.32 Å². The molecule has 0 aliphatic carbocycles. The Balaban J connectivity index is 1.83. The Morgan fingerprint density at radius 3 is 2.60 bits per heavy atom. The van der Waals surface area contributed by atoms with E-state index in [4.69, 9.17) is 0 Å². The molecular weight excluding hydrogens is 244 g/mol. The van der Waals surface area contributed by atoms with Crippen molar-refractivity contribution >= 4 is 0 Å². The van der Waals surface area contributed by atoms with Gasteiger partial charge in [0.2, 0.25) is 0 Å². The summed E-state index contributed by atoms with van der Waals surface area (Å²) in [5, 5.41) is 3.74. The number of nitrogens with one attached hydrogen (secondary N) is 1. The van der Waals surface area contributed by atoms with Crippen LogP contribution in [0.5, 0.6) is 0 Å². The molecule has 0 bridgehead atoms. The highest BCUT2D eigenvalue weighted by Crippen LogP contribution is 2.28. The van der Waals surface area contributed by atoms with E-state index >= 15 is 0 Å². The minimum Gasteiger partial charge on any atom is -0.313 e. The molecular formula is C18H30N2. The van der Waals surface area contributed by atoms with Gasteiger partial charge in [-0.1, -0.05) is 44.2 Å². The number of likely N-dealkylation sites (tertiary alicyclic amines) is 1. The Hall–Kier alpha value is -0.860. The summed E-state index contributed by atoms with van der Waals surface area (Å²) in [7, 11) is 2.25. The van der Waals surface area contributed by atoms with Crippen molar-refractivity contribution in [2.45, 2.75) is 57.5 Å². The van der Waals surface area contributed by atoms with E-state index in [0.29, 0.717) is 6.04 Å². The predicted octanol–water partition coefficient (Wildman–Crippen LogP) is 3.43. The molecule has 0 saturated carbocycles. The molecule has 0 radical (unpaired) electrons. The monoisotopic (exact) mass is 274 g/mol. The van der Waals surface area contributed by atoms with Gasteiger partial charge in [0.15, 0.2) is 0 Å². The molecule has 2 heteroatoms. The van der Waals surface area contributed by atoms with Gasteiger partial charge in [0.05, 0.1) is 0 Å². The second-order valence-electron chi connectivity index (χ2n) is 7.04. The molecule has 2 rings (SSSR count). The quantitative estimate of drug-likeness (QED) is 0.855. The van der Waals surface area contributed by atoms with Crippen LogP contribution in [0.25, 0.3) is 0 Å². The summed E-state index contributed by atoms with van der Waals surface area (Å²) in [5.41, 5.74) is 1.67. The van der Waals surface area contributed by atoms with E-state index in [2.05, 4.69) is 68.4 Å². The lowest BCUT2D eigenvalue weighted by atomic mass is 9.79. The van der Waals surface area contributed by atoms with Crippen LogP contribution in [-0.4, -0.2) is 37.1 Å². The van der Waals surface area contributed by atoms with Gasteiger partial charge >= 0.3 is 0 Å². The zero-order valence-electron chi connectivity index (χ0n) is 13.5. The standard InChI is InChI=1S/C18H30N2/c1-15(19-14-17-11-8-12-20(17)4)13-18(2,3)16-9-6-5-7-10-16/h5-7,9-10,15,17,19H,8,11-14H2,1-4H3. The minimum absolute atomic E-state index is 0.231. The zero-order chi connectivity index (χ0) is 14.6. The van der Waals surface area contributed by atoms with Crippen LogP contribution >= 0.6 is 0 Å². The molecule has 2 nitrogen and oxygen atoms in total. The summed E-state index contributed by atoms with van der Waals surface area (Å²) in [6, 6.07) is 12.2. The minimum atomic E-state index is 0.231. The molecule has 2 atom stereocenters. The third-order valence-corrected chi connectivity index (χ3v) is 4.75. The van der Waals surface area contributed by atoms with Gasteiger partial charge in [-0.2, -0.15) is 0 Å². The summed E-state index contributed by atoms with van der Waals surface area (Å²) in [6.45, 7) is 9.41. The second-order valence-corrected chi connectivity index (χ2v) is 7.04. The summed E-state index contributed by atoms with van der Waals surface area (Å²) < 4.78 is 0. The van der Waals surface area contributed by atoms with Crippen LogP contribution in [0.3, 0.4) is 0 Å². The van der Waals surface area contributed by atoms with Crippen molar-refractivity contribution < 1.29 is 0 Å². The van der Waals surface area contributed by atoms with Crippen LogP contribution in [-0.2, 0) is 5.41 Å². The van der Waals surface area contributed by atoms with Gasteiger partial charge in [-0.05, 0) is 50.8 Å². The SMILES string of the molecule is CC(CC(C)(C)c1ccccc1)NCC1CCCN1C. The number of nitrogens with zero attached hydrogens (tertiary/aromatic N) is 1. The fraction of sp³-hybridized carbons (Fsp3) is 0.667. The summed E-state index contributed by atoms with van der Waals surface area (Å²) in [6.07, 6.45) is 3.87. The number of hydrogen-bond donors (Lipinski definition) is 1. The van der Waals surface area contributed by atoms with Crippen molar-refractivity contribution in [1.82, 2.24) is 10.2 Å². The molecule has 1 saturated heterocycles. The van der Waals surface area contributed by atoms with Crippen LogP contribution in [0.15, 0.2) is 30.3 Å². The van der Waals surface area contributed by atoms with E-state index in [9.17, 15) is 0 Å². The van der Waals surface area contributed by atoms with Gasteiger partial charge in [0, 0.05) is 18.6 Å². The highest BCUT2D eigenvalue weighted by atomic mass is 15.2. The molecule has 0 amide bonds. The van der Waals surface area contributed by atoms with E-state index in [1.165, 1.54) is 31.4 Å². The van der Waals surface area contributed by atoms with E-state index in [-0.39, 0.29) is 5.41 Å². The molecule has 0 aromatic heterocycles. The molecule has 1 aromatic rings. The van der Waals surface area contributed by atoms with E-state index in [1.807, 2.05) is 0 Å². The average Bonchev–Trinajstić information content (AvgIpc) is 2.82. The first-order valence-electron chi connectivity index (χ1n) is 7.98. The Bertz CT molecular complexity index is 399. The summed E-state index contributed by atoms with van der Waals surface area (Å²) in [4.78, 5) is 2.49. The molecule has 1 fully saturated rings. The van der Waals surface area contributed by atoms with Crippen molar-refractivity contribution in [3.05, 3.63) is 35.9 Å². The first kappa shape index (κ1) is 15.5. The molecule has 1 aliphatic rings. The number of rotatable bonds is 6. The molecule has 0 spiro atoms. The summed E-state index contributed by atoms with van der Waals surface area (Å²) in [5.74, 6) is 0. The molecule has 2 unspecified atom stereocenters. The third kappa shape index (κ3) is 4.07. The number of likely N-dealkylation sites (N-methyl/N-ethyl adjacent to an activating group) is 1. The Morgan fingerprint density at radius 2 is 2.00 bits per heavy atom. The first-order valence-corrected chi connectivity index (χ1v) is 7.98. The largest absolute Gasteiger partial charge is 0.313 e. The van der Waals surface area contributed by atoms with Crippen molar-refractivity contribution in [3.8, 4) is 0 Å². The van der Waals surface area contributed by atoms with Crippen molar-refractivity contribution in [2.75, 3.05) is 20.1 Å². The highest BCUT2D eigenvalue weighted by molar-refractivity contribution is 5.23. The fourth-order valence-electron chi connectivity index (χ4n) is 3.42. The molecule has 1 aromatic carbocycles. The maximum absolute atomic E-state index is 3.74. The van der Waals surface area contributed by atoms with Crippen molar-refractivity contribution in [2.24, 2.45) is 0 Å². The maximum Gasteiger partial charge on any atom is 0.0218 e. The van der Waals surface area contributed by atoms with Gasteiger partial charge in [0.1, 0.15) is 0 Å². The Kier molecular flexibility index (Phi) is 5.22. The van der Waals surface area contributed by atoms with Crippen molar-refractivity contribution in [3.63, 3.8) is 0 Å². The zero-order valence-corrected chi connectivity index (χ0v) is 13.5. The number of benzene rings is 1. The normalized spacial score (nSPS) is 22.1. The molecule has 20 heavy (non-hydrogen) atoms. The van der Waals surface area contributed by atoms with E-state index in [1.54, 1.807) is 0 Å². The van der Waals surface area contributed by atoms with E-state index < -0.39 is 0 Å². The highest BCUT2D eigenvalue weighted by Gasteiger charge is 2.25. The van der Waals surface area contributed by atoms with Crippen LogP contribution in [0.1, 0.15) is 45.6 Å². The van der Waals surface area contributed by atoms with Gasteiger partial charge in [-0.15, -0.1) is 0 Å². The Morgan fingerprint density at radius 1 is 1.30 bits per heavy atom. The topological polar surface area (TPSA) is 15.3 Å². The average molecular weight is 274 g/mol. The second kappa shape index (κ2) is 6.73. The third-order valence-electron chi connectivity index (χ3n) is 4.75.